The van der Waals surface area contributed by atoms with Gasteiger partial charge in [-0.05, 0) is 177 Å². The predicted octanol–water partition coefficient (Wildman–Crippen LogP) is 15.5. The number of anilines is 5. The quantitative estimate of drug-likeness (QED) is 0.0261. The summed E-state index contributed by atoms with van der Waals surface area (Å²) in [7, 11) is 3.39. The number of thiazole rings is 5. The maximum Gasteiger partial charge on any atom is 0.274 e. The van der Waals surface area contributed by atoms with Crippen LogP contribution in [0.4, 0.5) is 51.7 Å². The van der Waals surface area contributed by atoms with Gasteiger partial charge >= 0.3 is 0 Å². The Morgan fingerprint density at radius 2 is 0.707 bits per heavy atom. The molecule has 784 valence electrons. The monoisotopic (exact) mass is 2140 g/mol. The highest BCUT2D eigenvalue weighted by atomic mass is 32.1. The zero-order valence-electron chi connectivity index (χ0n) is 84.4. The Kier molecular flexibility index (Phi) is 33.5. The number of nitrogens with zero attached hydrogens (tertiary/aromatic N) is 22. The van der Waals surface area contributed by atoms with Gasteiger partial charge in [-0.1, -0.05) is 48.5 Å². The molecular weight excluding hydrogens is 2030 g/mol. The number of nitrogens with one attached hydrogen (secondary N) is 5. The molecule has 21 rings (SSSR count). The molecule has 38 nitrogen and oxygen atoms in total. The summed E-state index contributed by atoms with van der Waals surface area (Å²) in [5.74, 6) is -0.826. The molecule has 17 heterocycles. The summed E-state index contributed by atoms with van der Waals surface area (Å²) in [5.41, 5.74) is 19.5. The maximum atomic E-state index is 13.6. The fourth-order valence-corrected chi connectivity index (χ4v) is 22.1. The molecule has 150 heavy (non-hydrogen) atoms. The molecule has 15 aromatic rings. The number of nitrogens with two attached hydrogens (primary N) is 2. The standard InChI is InChI=1S/C23H25FN6O3S.C21H23FN6O2S.C20H22FN5O2S.2C19H21FN6OS/c1-12(16-6-17(24)8-25-7-16)26-23-28-19(20-21(29-23)27-13(2)34-20)22(32)30-9-14(10-30)5-18(31)15-3-4-33-11-15;1-11(14-6-5-7-15(22)8-14)23-21-25-17(18-19(26-21)24-12(2)31-18)20(30)28-9-16(10-28)27(4)13(3)29;1-11(13-5-4-6-14(21)9-13)22-20-24-16(17-18(25-20)23-12(2)29-17)19(27)26-8-7-15(10-26)28-3;2*1-10(12-4-3-5-13(20)8-12)22-19-24-15(16-17(25-19)23-11(2)28-16)18(27)26-7-6-14(21)9-26/h6-8,12,14-15H,3-5,9-11H2,1-2H3,(H,26,28,29);5-8,11,16H,9-10H2,1-4H3,(H,23,25,26);4-6,9,11,15H,7-8,10H2,1-3H3,(H,22,24,25);2*3-5,8,10,14H,6-7,9,21H2,1-2H3,(H,22,24,25)/t12-,15?;11-;11-,15-;10-,14+;10-,14-/m00000/s1. The summed E-state index contributed by atoms with van der Waals surface area (Å²) in [4.78, 5) is 171. The van der Waals surface area contributed by atoms with Gasteiger partial charge in [-0.3, -0.25) is 38.5 Å². The van der Waals surface area contributed by atoms with E-state index < -0.39 is 5.82 Å². The van der Waals surface area contributed by atoms with Crippen LogP contribution in [0.25, 0.3) is 51.7 Å². The Balaban J connectivity index is 0.000000128. The van der Waals surface area contributed by atoms with E-state index in [1.165, 1.54) is 118 Å². The fourth-order valence-electron chi connectivity index (χ4n) is 17.9. The largest absolute Gasteiger partial charge is 0.381 e. The first-order valence-electron chi connectivity index (χ1n) is 48.9. The average Bonchev–Trinajstić information content (AvgIpc) is 1.29. The fraction of sp³-hybridized carbons (Fsp3) is 0.402. The van der Waals surface area contributed by atoms with Gasteiger partial charge in [0, 0.05) is 130 Å². The Hall–Kier alpha value is -14.1. The Morgan fingerprint density at radius 1 is 0.400 bits per heavy atom. The van der Waals surface area contributed by atoms with Gasteiger partial charge in [-0.25, -0.2) is 71.8 Å². The van der Waals surface area contributed by atoms with E-state index in [-0.39, 0.29) is 154 Å². The van der Waals surface area contributed by atoms with Crippen LogP contribution in [0.1, 0.15) is 209 Å². The minimum atomic E-state index is -0.431. The molecule has 1 unspecified atom stereocenters. The van der Waals surface area contributed by atoms with Crippen LogP contribution in [0, 0.1) is 75.5 Å². The third-order valence-corrected chi connectivity index (χ3v) is 31.1. The number of rotatable bonds is 25. The summed E-state index contributed by atoms with van der Waals surface area (Å²) >= 11 is 6.95. The van der Waals surface area contributed by atoms with Gasteiger partial charge in [-0.2, -0.15) is 24.9 Å². The molecule has 48 heteroatoms. The third-order valence-electron chi connectivity index (χ3n) is 26.3. The van der Waals surface area contributed by atoms with Crippen molar-refractivity contribution in [3.8, 4) is 0 Å². The molecule has 9 N–H and O–H groups in total. The summed E-state index contributed by atoms with van der Waals surface area (Å²) in [6.07, 6.45) is 6.39. The van der Waals surface area contributed by atoms with Crippen molar-refractivity contribution in [1.29, 1.82) is 0 Å². The molecule has 9 atom stereocenters. The van der Waals surface area contributed by atoms with E-state index in [1.807, 2.05) is 93.5 Å². The highest BCUT2D eigenvalue weighted by Gasteiger charge is 2.41. The van der Waals surface area contributed by atoms with Gasteiger partial charge in [0.1, 0.15) is 58.4 Å². The first-order chi connectivity index (χ1) is 71.8. The Labute approximate surface area is 879 Å². The van der Waals surface area contributed by atoms with Crippen LogP contribution in [-0.4, -0.2) is 267 Å². The lowest BCUT2D eigenvalue weighted by Gasteiger charge is -2.43. The topological polar surface area (TPSA) is 476 Å². The second-order valence-electron chi connectivity index (χ2n) is 37.7. The van der Waals surface area contributed by atoms with Crippen molar-refractivity contribution in [2.24, 2.45) is 23.3 Å². The molecule has 0 saturated carbocycles. The number of carbonyl (C=O) groups excluding carboxylic acids is 7. The number of halogens is 5. The molecule has 0 bridgehead atoms. The average molecular weight is 2140 g/mol. The van der Waals surface area contributed by atoms with E-state index in [2.05, 4.69) is 106 Å². The van der Waals surface area contributed by atoms with Crippen LogP contribution >= 0.6 is 56.7 Å². The van der Waals surface area contributed by atoms with Crippen molar-refractivity contribution in [1.82, 2.24) is 109 Å². The van der Waals surface area contributed by atoms with Crippen molar-refractivity contribution in [2.45, 2.75) is 163 Å². The van der Waals surface area contributed by atoms with Crippen LogP contribution in [0.5, 0.6) is 0 Å². The molecule has 4 aromatic carbocycles. The number of likely N-dealkylation sites (N-methyl/N-ethyl adjacent to an activating group) is 1. The van der Waals surface area contributed by atoms with Crippen LogP contribution in [0.2, 0.25) is 0 Å². The molecule has 11 aromatic heterocycles. The smallest absolute Gasteiger partial charge is 0.274 e. The SMILES string of the molecule is CC(=O)N(C)C1CN(C(=O)c2nc(N[C@@H](C)c3cccc(F)c3)nc3nc(C)sc23)C1.CO[C@H]1CCN(C(=O)c2nc(N[C@@H](C)c3cccc(F)c3)nc3nc(C)sc23)C1.Cc1nc2nc(N[C@@H](C)c3cccc(F)c3)nc(C(=O)N3CC[C@@H](N)C3)c2s1.Cc1nc2nc(N[C@@H](C)c3cccc(F)c3)nc(C(=O)N3CC[C@H](N)C3)c2s1.Cc1nc2nc(N[C@@H](C)c3cncc(F)c3)nc(C(=O)N3CC(CC(=O)C4CCOC4)C3)c2s1. The van der Waals surface area contributed by atoms with Crippen LogP contribution in [-0.2, 0) is 19.1 Å². The molecule has 6 saturated heterocycles. The summed E-state index contributed by atoms with van der Waals surface area (Å²) < 4.78 is 81.7. The number of ketones is 1. The molecule has 0 radical (unpaired) electrons. The predicted molar refractivity (Wildman–Crippen MR) is 564 cm³/mol. The molecule has 6 fully saturated rings. The number of pyridine rings is 1. The number of methoxy groups -OCH3 is 1. The number of aromatic nitrogens is 16. The van der Waals surface area contributed by atoms with E-state index in [4.69, 9.17) is 20.9 Å². The Bertz CT molecular complexity index is 7390. The van der Waals surface area contributed by atoms with E-state index in [0.29, 0.717) is 177 Å². The lowest BCUT2D eigenvalue weighted by Crippen LogP contribution is -2.61. The molecule has 6 aliphatic rings. The zero-order valence-corrected chi connectivity index (χ0v) is 88.5. The van der Waals surface area contributed by atoms with Crippen molar-refractivity contribution in [3.05, 3.63) is 226 Å². The summed E-state index contributed by atoms with van der Waals surface area (Å²) in [6.45, 7) is 26.8. The van der Waals surface area contributed by atoms with Crippen LogP contribution in [0.3, 0.4) is 0 Å². The van der Waals surface area contributed by atoms with Crippen LogP contribution in [0.15, 0.2) is 116 Å². The number of hydrogen-bond donors (Lipinski definition) is 7. The van der Waals surface area contributed by atoms with Crippen LogP contribution < -0.4 is 38.1 Å². The lowest BCUT2D eigenvalue weighted by molar-refractivity contribution is -0.132. The number of fused-ring (bicyclic) bond motifs is 5. The number of likely N-dealkylation sites (tertiary alicyclic amines) is 5. The van der Waals surface area contributed by atoms with Crippen molar-refractivity contribution >= 4 is 179 Å². The van der Waals surface area contributed by atoms with Crippen molar-refractivity contribution in [2.75, 3.05) is 119 Å². The number of carbonyl (C=O) groups is 7. The molecule has 6 amide bonds. The maximum absolute atomic E-state index is 13.6. The van der Waals surface area contributed by atoms with Crippen molar-refractivity contribution < 1.29 is 65.0 Å². The van der Waals surface area contributed by atoms with Gasteiger partial charge in [0.25, 0.3) is 29.5 Å². The minimum Gasteiger partial charge on any atom is -0.381 e. The number of benzene rings is 4. The van der Waals surface area contributed by atoms with E-state index in [9.17, 15) is 55.5 Å². The van der Waals surface area contributed by atoms with E-state index in [1.54, 1.807) is 74.0 Å². The van der Waals surface area contributed by atoms with E-state index in [0.717, 1.165) is 79.2 Å². The number of Topliss-reactive ketones (excluding diaryl/α,β-unsaturated/α-hetero) is 1. The lowest BCUT2D eigenvalue weighted by atomic mass is 9.89. The first kappa shape index (κ1) is 107. The van der Waals surface area contributed by atoms with Crippen molar-refractivity contribution in [3.63, 3.8) is 0 Å². The number of amides is 6. The molecular formula is C102H112F5N29O9S5. The highest BCUT2D eigenvalue weighted by Crippen LogP contribution is 2.38. The zero-order chi connectivity index (χ0) is 106. The molecule has 6 aliphatic heterocycles. The molecule has 0 aliphatic carbocycles. The van der Waals surface area contributed by atoms with Gasteiger partial charge in [0.15, 0.2) is 56.7 Å². The summed E-state index contributed by atoms with van der Waals surface area (Å²) in [6, 6.07) is 25.4. The second kappa shape index (κ2) is 47.0. The molecule has 0 spiro atoms. The normalized spacial score (nSPS) is 17.5. The van der Waals surface area contributed by atoms with Gasteiger partial charge < -0.3 is 76.9 Å². The second-order valence-corrected chi connectivity index (χ2v) is 43.7. The minimum absolute atomic E-state index is 0.00433. The highest BCUT2D eigenvalue weighted by molar-refractivity contribution is 7.20. The third kappa shape index (κ3) is 25.6. The van der Waals surface area contributed by atoms with Gasteiger partial charge in [-0.15, -0.1) is 56.7 Å². The Morgan fingerprint density at radius 3 is 0.993 bits per heavy atom. The van der Waals surface area contributed by atoms with E-state index >= 15 is 0 Å². The number of ether oxygens (including phenoxy) is 2. The van der Waals surface area contributed by atoms with Gasteiger partial charge in [0.2, 0.25) is 35.6 Å². The first-order valence-corrected chi connectivity index (χ1v) is 53.0. The van der Waals surface area contributed by atoms with Gasteiger partial charge in [0.05, 0.1) is 80.2 Å². The number of aryl methyl sites for hydroxylation is 5. The number of hydrogen-bond acceptors (Lipinski definition) is 37. The summed E-state index contributed by atoms with van der Waals surface area (Å²) in [5, 5.41) is 19.8.